The second-order valence-electron chi connectivity index (χ2n) is 5.54. The van der Waals surface area contributed by atoms with Crippen LogP contribution in [-0.4, -0.2) is 19.6 Å². The Labute approximate surface area is 129 Å². The first-order valence-corrected chi connectivity index (χ1v) is 7.35. The minimum atomic E-state index is -0.552. The average molecular weight is 299 g/mol. The molecule has 0 fully saturated rings. The number of aryl methyl sites for hydroxylation is 2. The Balaban J connectivity index is 1.97. The molecule has 0 radical (unpaired) electrons. The molecule has 0 atom stereocenters. The number of anilines is 1. The number of nitrogens with zero attached hydrogens (tertiary/aromatic N) is 1. The van der Waals surface area contributed by atoms with Crippen LogP contribution in [0, 0.1) is 12.7 Å². The molecule has 0 aliphatic carbocycles. The number of halogens is 1. The summed E-state index contributed by atoms with van der Waals surface area (Å²) in [4.78, 5) is 14.4. The van der Waals surface area contributed by atoms with Gasteiger partial charge in [-0.15, -0.1) is 0 Å². The van der Waals surface area contributed by atoms with Gasteiger partial charge in [0.15, 0.2) is 0 Å². The van der Waals surface area contributed by atoms with E-state index in [2.05, 4.69) is 6.07 Å². The van der Waals surface area contributed by atoms with Crippen LogP contribution >= 0.6 is 0 Å². The van der Waals surface area contributed by atoms with Crippen molar-refractivity contribution in [2.75, 3.05) is 18.6 Å². The zero-order chi connectivity index (χ0) is 15.7. The molecule has 1 aliphatic heterocycles. The number of hydrogen-bond acceptors (Lipinski definition) is 2. The lowest BCUT2D eigenvalue weighted by molar-refractivity contribution is 0.0981. The molecule has 4 heteroatoms. The van der Waals surface area contributed by atoms with Gasteiger partial charge in [0.25, 0.3) is 5.91 Å². The van der Waals surface area contributed by atoms with E-state index in [1.807, 2.05) is 19.1 Å². The molecule has 0 aromatic heterocycles. The van der Waals surface area contributed by atoms with Gasteiger partial charge in [-0.3, -0.25) is 4.79 Å². The predicted octanol–water partition coefficient (Wildman–Crippen LogP) is 3.74. The Kier molecular flexibility index (Phi) is 3.84. The summed E-state index contributed by atoms with van der Waals surface area (Å²) in [5.41, 5.74) is 3.28. The van der Waals surface area contributed by atoms with Crippen molar-refractivity contribution in [3.8, 4) is 5.75 Å². The summed E-state index contributed by atoms with van der Waals surface area (Å²) in [7, 11) is 1.47. The summed E-state index contributed by atoms with van der Waals surface area (Å²) in [5, 5.41) is 0. The van der Waals surface area contributed by atoms with Crippen molar-refractivity contribution in [3.63, 3.8) is 0 Å². The standard InChI is InChI=1S/C18H18FNO2/c1-12-5-8-17-13(10-12)4-3-9-20(17)18(21)15-7-6-14(22-2)11-16(15)19/h5-8,10-11H,3-4,9H2,1-2H3. The number of carbonyl (C=O) groups excluding carboxylic acids is 1. The third kappa shape index (κ3) is 2.56. The number of rotatable bonds is 2. The topological polar surface area (TPSA) is 29.5 Å². The lowest BCUT2D eigenvalue weighted by Gasteiger charge is -2.30. The maximum Gasteiger partial charge on any atom is 0.261 e. The smallest absolute Gasteiger partial charge is 0.261 e. The fraction of sp³-hybridized carbons (Fsp3) is 0.278. The molecule has 3 nitrogen and oxygen atoms in total. The van der Waals surface area contributed by atoms with Crippen molar-refractivity contribution < 1.29 is 13.9 Å². The highest BCUT2D eigenvalue weighted by Crippen LogP contribution is 2.30. The molecule has 0 bridgehead atoms. The van der Waals surface area contributed by atoms with Crippen LogP contribution in [0.5, 0.6) is 5.75 Å². The number of ether oxygens (including phenoxy) is 1. The summed E-state index contributed by atoms with van der Waals surface area (Å²) in [5.74, 6) is -0.447. The van der Waals surface area contributed by atoms with E-state index in [1.165, 1.54) is 24.8 Å². The van der Waals surface area contributed by atoms with E-state index >= 15 is 0 Å². The van der Waals surface area contributed by atoms with Crippen LogP contribution in [0.1, 0.15) is 27.9 Å². The van der Waals surface area contributed by atoms with E-state index in [0.29, 0.717) is 12.3 Å². The molecule has 0 saturated heterocycles. The highest BCUT2D eigenvalue weighted by molar-refractivity contribution is 6.07. The molecule has 0 saturated carbocycles. The van der Waals surface area contributed by atoms with Crippen LogP contribution in [0.25, 0.3) is 0 Å². The van der Waals surface area contributed by atoms with Crippen molar-refractivity contribution in [2.45, 2.75) is 19.8 Å². The number of hydrogen-bond donors (Lipinski definition) is 0. The van der Waals surface area contributed by atoms with Gasteiger partial charge in [-0.2, -0.15) is 0 Å². The van der Waals surface area contributed by atoms with E-state index in [4.69, 9.17) is 4.74 Å². The predicted molar refractivity (Wildman–Crippen MR) is 84.1 cm³/mol. The van der Waals surface area contributed by atoms with Crippen molar-refractivity contribution in [2.24, 2.45) is 0 Å². The molecule has 0 unspecified atom stereocenters. The van der Waals surface area contributed by atoms with Crippen LogP contribution in [-0.2, 0) is 6.42 Å². The van der Waals surface area contributed by atoms with Gasteiger partial charge >= 0.3 is 0 Å². The minimum Gasteiger partial charge on any atom is -0.497 e. The van der Waals surface area contributed by atoms with E-state index in [-0.39, 0.29) is 11.5 Å². The molecule has 2 aromatic carbocycles. The maximum absolute atomic E-state index is 14.2. The molecule has 3 rings (SSSR count). The molecule has 0 N–H and O–H groups in total. The van der Waals surface area contributed by atoms with Gasteiger partial charge in [-0.1, -0.05) is 17.7 Å². The van der Waals surface area contributed by atoms with Crippen LogP contribution in [0.4, 0.5) is 10.1 Å². The average Bonchev–Trinajstić information content (AvgIpc) is 2.53. The SMILES string of the molecule is COc1ccc(C(=O)N2CCCc3cc(C)ccc32)c(F)c1. The fourth-order valence-electron chi connectivity index (χ4n) is 2.88. The molecule has 2 aromatic rings. The quantitative estimate of drug-likeness (QED) is 0.845. The summed E-state index contributed by atoms with van der Waals surface area (Å²) < 4.78 is 19.1. The van der Waals surface area contributed by atoms with Crippen LogP contribution in [0.15, 0.2) is 36.4 Å². The minimum absolute atomic E-state index is 0.0780. The monoisotopic (exact) mass is 299 g/mol. The van der Waals surface area contributed by atoms with E-state index in [9.17, 15) is 9.18 Å². The molecule has 1 aliphatic rings. The Bertz CT molecular complexity index is 727. The van der Waals surface area contributed by atoms with Crippen molar-refractivity contribution >= 4 is 11.6 Å². The highest BCUT2D eigenvalue weighted by Gasteiger charge is 2.25. The zero-order valence-corrected chi connectivity index (χ0v) is 12.7. The molecular weight excluding hydrogens is 281 g/mol. The summed E-state index contributed by atoms with van der Waals surface area (Å²) in [6.07, 6.45) is 1.84. The van der Waals surface area contributed by atoms with Gasteiger partial charge in [-0.05, 0) is 43.5 Å². The van der Waals surface area contributed by atoms with E-state index in [1.54, 1.807) is 11.0 Å². The van der Waals surface area contributed by atoms with Crippen LogP contribution < -0.4 is 9.64 Å². The second-order valence-corrected chi connectivity index (χ2v) is 5.54. The van der Waals surface area contributed by atoms with Gasteiger partial charge in [0.2, 0.25) is 0 Å². The zero-order valence-electron chi connectivity index (χ0n) is 12.7. The second kappa shape index (κ2) is 5.79. The Morgan fingerprint density at radius 1 is 1.23 bits per heavy atom. The van der Waals surface area contributed by atoms with Crippen LogP contribution in [0.2, 0.25) is 0 Å². The number of carbonyl (C=O) groups is 1. The Morgan fingerprint density at radius 3 is 2.77 bits per heavy atom. The summed E-state index contributed by atoms with van der Waals surface area (Å²) >= 11 is 0. The van der Waals surface area contributed by atoms with Crippen molar-refractivity contribution in [1.29, 1.82) is 0 Å². The van der Waals surface area contributed by atoms with E-state index in [0.717, 1.165) is 24.1 Å². The largest absolute Gasteiger partial charge is 0.497 e. The van der Waals surface area contributed by atoms with Gasteiger partial charge in [0.1, 0.15) is 11.6 Å². The number of amides is 1. The molecular formula is C18H18FNO2. The molecule has 22 heavy (non-hydrogen) atoms. The first kappa shape index (κ1) is 14.6. The third-order valence-electron chi connectivity index (χ3n) is 4.01. The van der Waals surface area contributed by atoms with Crippen molar-refractivity contribution in [1.82, 2.24) is 0 Å². The van der Waals surface area contributed by atoms with Gasteiger partial charge in [0, 0.05) is 18.3 Å². The van der Waals surface area contributed by atoms with Gasteiger partial charge in [0.05, 0.1) is 12.7 Å². The van der Waals surface area contributed by atoms with Crippen molar-refractivity contribution in [3.05, 3.63) is 58.9 Å². The number of methoxy groups -OCH3 is 1. The molecule has 114 valence electrons. The van der Waals surface area contributed by atoms with Crippen LogP contribution in [0.3, 0.4) is 0 Å². The normalized spacial score (nSPS) is 13.7. The maximum atomic E-state index is 14.2. The summed E-state index contributed by atoms with van der Waals surface area (Å²) in [6, 6.07) is 10.4. The Hall–Kier alpha value is -2.36. The Morgan fingerprint density at radius 2 is 2.05 bits per heavy atom. The van der Waals surface area contributed by atoms with Gasteiger partial charge < -0.3 is 9.64 Å². The lowest BCUT2D eigenvalue weighted by atomic mass is 9.98. The molecule has 0 spiro atoms. The molecule has 1 heterocycles. The number of fused-ring (bicyclic) bond motifs is 1. The number of benzene rings is 2. The third-order valence-corrected chi connectivity index (χ3v) is 4.01. The molecule has 1 amide bonds. The highest BCUT2D eigenvalue weighted by atomic mass is 19.1. The van der Waals surface area contributed by atoms with E-state index < -0.39 is 5.82 Å². The lowest BCUT2D eigenvalue weighted by Crippen LogP contribution is -2.36. The van der Waals surface area contributed by atoms with Gasteiger partial charge in [-0.25, -0.2) is 4.39 Å². The summed E-state index contributed by atoms with van der Waals surface area (Å²) in [6.45, 7) is 2.64. The first-order valence-electron chi connectivity index (χ1n) is 7.35. The first-order chi connectivity index (χ1) is 10.6. The fourth-order valence-corrected chi connectivity index (χ4v) is 2.88.